The molecule has 2 N–H and O–H groups in total. The molecule has 0 unspecified atom stereocenters. The summed E-state index contributed by atoms with van der Waals surface area (Å²) in [6.07, 6.45) is 1.62. The maximum absolute atomic E-state index is 12.0. The van der Waals surface area contributed by atoms with Gasteiger partial charge in [-0.3, -0.25) is 4.79 Å². The molecular weight excluding hydrogens is 310 g/mol. The van der Waals surface area contributed by atoms with Gasteiger partial charge < -0.3 is 10.6 Å². The van der Waals surface area contributed by atoms with Crippen molar-refractivity contribution in [3.05, 3.63) is 40.1 Å². The Hall–Kier alpha value is -2.02. The quantitative estimate of drug-likeness (QED) is 0.906. The van der Waals surface area contributed by atoms with Crippen LogP contribution >= 0.6 is 15.9 Å². The van der Waals surface area contributed by atoms with Gasteiger partial charge >= 0.3 is 0 Å². The van der Waals surface area contributed by atoms with Crippen molar-refractivity contribution in [2.45, 2.75) is 6.92 Å². The van der Waals surface area contributed by atoms with Gasteiger partial charge in [-0.2, -0.15) is 0 Å². The fourth-order valence-corrected chi connectivity index (χ4v) is 1.88. The Bertz CT molecular complexity index is 600. The van der Waals surface area contributed by atoms with Crippen molar-refractivity contribution in [2.24, 2.45) is 0 Å². The summed E-state index contributed by atoms with van der Waals surface area (Å²) in [6.45, 7) is 1.86. The number of anilines is 2. The van der Waals surface area contributed by atoms with Crippen LogP contribution in [0.3, 0.4) is 0 Å². The Kier molecular flexibility index (Phi) is 4.06. The van der Waals surface area contributed by atoms with Crippen LogP contribution in [-0.4, -0.2) is 28.1 Å². The lowest BCUT2D eigenvalue weighted by molar-refractivity contribution is 0.102. The smallest absolute Gasteiger partial charge is 0.277 e. The number of carbonyl (C=O) groups excluding carboxylic acids is 1. The van der Waals surface area contributed by atoms with E-state index in [2.05, 4.69) is 41.7 Å². The van der Waals surface area contributed by atoms with Gasteiger partial charge in [-0.05, 0) is 46.6 Å². The highest BCUT2D eigenvalue weighted by molar-refractivity contribution is 9.10. The Labute approximate surface area is 118 Å². The normalized spacial score (nSPS) is 10.1. The number of aromatic nitrogens is 3. The van der Waals surface area contributed by atoms with Crippen molar-refractivity contribution in [1.82, 2.24) is 15.2 Å². The Balaban J connectivity index is 2.15. The summed E-state index contributed by atoms with van der Waals surface area (Å²) in [5.41, 5.74) is 1.10. The van der Waals surface area contributed by atoms with Gasteiger partial charge in [0, 0.05) is 17.7 Å². The largest absolute Gasteiger partial charge is 0.372 e. The SMILES string of the molecule is CNc1ccc(C(=O)Nc2ncc(Br)cc2C)nn1. The minimum absolute atomic E-state index is 0.239. The van der Waals surface area contributed by atoms with E-state index in [1.807, 2.05) is 13.0 Å². The molecule has 7 heteroatoms. The van der Waals surface area contributed by atoms with E-state index in [9.17, 15) is 4.79 Å². The molecule has 0 spiro atoms. The van der Waals surface area contributed by atoms with E-state index < -0.39 is 0 Å². The van der Waals surface area contributed by atoms with Gasteiger partial charge in [-0.15, -0.1) is 10.2 Å². The maximum Gasteiger partial charge on any atom is 0.277 e. The Morgan fingerprint density at radius 2 is 2.11 bits per heavy atom. The number of hydrogen-bond acceptors (Lipinski definition) is 5. The molecule has 0 atom stereocenters. The molecule has 19 heavy (non-hydrogen) atoms. The molecule has 2 rings (SSSR count). The average molecular weight is 322 g/mol. The number of amides is 1. The van der Waals surface area contributed by atoms with E-state index in [0.717, 1.165) is 10.0 Å². The first-order valence-electron chi connectivity index (χ1n) is 5.55. The lowest BCUT2D eigenvalue weighted by atomic mass is 10.3. The monoisotopic (exact) mass is 321 g/mol. The second-order valence-electron chi connectivity index (χ2n) is 3.83. The van der Waals surface area contributed by atoms with Gasteiger partial charge in [0.05, 0.1) is 0 Å². The van der Waals surface area contributed by atoms with E-state index in [1.54, 1.807) is 25.4 Å². The molecule has 98 valence electrons. The van der Waals surface area contributed by atoms with E-state index >= 15 is 0 Å². The molecule has 0 fully saturated rings. The lowest BCUT2D eigenvalue weighted by Crippen LogP contribution is -2.16. The molecule has 0 saturated carbocycles. The maximum atomic E-state index is 12.0. The van der Waals surface area contributed by atoms with Crippen molar-refractivity contribution in [3.63, 3.8) is 0 Å². The predicted octanol–water partition coefficient (Wildman–Crippen LogP) is 2.24. The highest BCUT2D eigenvalue weighted by atomic mass is 79.9. The van der Waals surface area contributed by atoms with Crippen LogP contribution in [0, 0.1) is 6.92 Å². The fraction of sp³-hybridized carbons (Fsp3) is 0.167. The van der Waals surface area contributed by atoms with Gasteiger partial charge in [0.15, 0.2) is 5.69 Å². The highest BCUT2D eigenvalue weighted by Crippen LogP contribution is 2.17. The summed E-state index contributed by atoms with van der Waals surface area (Å²) in [5, 5.41) is 13.2. The molecule has 0 bridgehead atoms. The summed E-state index contributed by atoms with van der Waals surface area (Å²) in [7, 11) is 1.73. The van der Waals surface area contributed by atoms with Crippen LogP contribution in [0.1, 0.15) is 16.1 Å². The third-order valence-corrected chi connectivity index (χ3v) is 2.86. The van der Waals surface area contributed by atoms with Gasteiger partial charge in [0.25, 0.3) is 5.91 Å². The first kappa shape index (κ1) is 13.4. The molecule has 1 amide bonds. The number of carbonyl (C=O) groups is 1. The fourth-order valence-electron chi connectivity index (χ4n) is 1.43. The highest BCUT2D eigenvalue weighted by Gasteiger charge is 2.10. The number of nitrogens with zero attached hydrogens (tertiary/aromatic N) is 3. The molecular formula is C12H12BrN5O. The zero-order valence-corrected chi connectivity index (χ0v) is 12.0. The molecule has 0 radical (unpaired) electrons. The van der Waals surface area contributed by atoms with Gasteiger partial charge in [0.1, 0.15) is 11.6 Å². The summed E-state index contributed by atoms with van der Waals surface area (Å²) in [4.78, 5) is 16.1. The number of nitrogens with one attached hydrogen (secondary N) is 2. The zero-order chi connectivity index (χ0) is 13.8. The summed E-state index contributed by atoms with van der Waals surface area (Å²) < 4.78 is 0.862. The van der Waals surface area contributed by atoms with Crippen molar-refractivity contribution < 1.29 is 4.79 Å². The van der Waals surface area contributed by atoms with Crippen LogP contribution in [0.25, 0.3) is 0 Å². The Morgan fingerprint density at radius 1 is 1.32 bits per heavy atom. The van der Waals surface area contributed by atoms with Crippen LogP contribution < -0.4 is 10.6 Å². The molecule has 2 aromatic heterocycles. The van der Waals surface area contributed by atoms with Gasteiger partial charge in [0.2, 0.25) is 0 Å². The van der Waals surface area contributed by atoms with E-state index in [4.69, 9.17) is 0 Å². The van der Waals surface area contributed by atoms with Gasteiger partial charge in [-0.1, -0.05) is 0 Å². The van der Waals surface area contributed by atoms with Crippen LogP contribution in [0.4, 0.5) is 11.6 Å². The molecule has 0 aliphatic heterocycles. The number of pyridine rings is 1. The van der Waals surface area contributed by atoms with Crippen molar-refractivity contribution >= 4 is 33.5 Å². The van der Waals surface area contributed by atoms with Crippen molar-refractivity contribution in [3.8, 4) is 0 Å². The zero-order valence-electron chi connectivity index (χ0n) is 10.4. The molecule has 2 aromatic rings. The predicted molar refractivity (Wildman–Crippen MR) is 76.2 cm³/mol. The molecule has 0 aliphatic carbocycles. The van der Waals surface area contributed by atoms with Crippen LogP contribution in [-0.2, 0) is 0 Å². The number of hydrogen-bond donors (Lipinski definition) is 2. The summed E-state index contributed by atoms with van der Waals surface area (Å²) >= 11 is 3.32. The second-order valence-corrected chi connectivity index (χ2v) is 4.74. The van der Waals surface area contributed by atoms with Gasteiger partial charge in [-0.25, -0.2) is 4.98 Å². The van der Waals surface area contributed by atoms with Crippen molar-refractivity contribution in [2.75, 3.05) is 17.7 Å². The Morgan fingerprint density at radius 3 is 2.68 bits per heavy atom. The molecule has 0 aromatic carbocycles. The van der Waals surface area contributed by atoms with E-state index in [1.165, 1.54) is 0 Å². The number of halogens is 1. The third kappa shape index (κ3) is 3.25. The third-order valence-electron chi connectivity index (χ3n) is 2.43. The van der Waals surface area contributed by atoms with E-state index in [-0.39, 0.29) is 11.6 Å². The molecule has 6 nitrogen and oxygen atoms in total. The minimum atomic E-state index is -0.340. The molecule has 2 heterocycles. The first-order chi connectivity index (χ1) is 9.10. The second kappa shape index (κ2) is 5.75. The van der Waals surface area contributed by atoms with Crippen LogP contribution in [0.15, 0.2) is 28.9 Å². The average Bonchev–Trinajstić information content (AvgIpc) is 2.42. The summed E-state index contributed by atoms with van der Waals surface area (Å²) in [6, 6.07) is 5.16. The molecule has 0 saturated heterocycles. The number of aryl methyl sites for hydroxylation is 1. The number of rotatable bonds is 3. The summed E-state index contributed by atoms with van der Waals surface area (Å²) in [5.74, 6) is 0.773. The topological polar surface area (TPSA) is 79.8 Å². The molecule has 0 aliphatic rings. The van der Waals surface area contributed by atoms with Crippen molar-refractivity contribution in [1.29, 1.82) is 0 Å². The van der Waals surface area contributed by atoms with E-state index in [0.29, 0.717) is 11.6 Å². The van der Waals surface area contributed by atoms with Crippen LogP contribution in [0.5, 0.6) is 0 Å². The lowest BCUT2D eigenvalue weighted by Gasteiger charge is -2.07. The minimum Gasteiger partial charge on any atom is -0.372 e. The standard InChI is InChI=1S/C12H12BrN5O/c1-7-5-8(13)6-15-11(7)16-12(19)9-3-4-10(14-2)18-17-9/h3-6H,1-2H3,(H,14,18)(H,15,16,19). The first-order valence-corrected chi connectivity index (χ1v) is 6.34. The van der Waals surface area contributed by atoms with Crippen LogP contribution in [0.2, 0.25) is 0 Å².